The van der Waals surface area contributed by atoms with Crippen molar-refractivity contribution in [3.05, 3.63) is 77.3 Å². The molecule has 0 radical (unpaired) electrons. The van der Waals surface area contributed by atoms with Crippen molar-refractivity contribution in [2.24, 2.45) is 5.92 Å². The molecule has 2 aromatic carbocycles. The Morgan fingerprint density at radius 2 is 1.70 bits per heavy atom. The van der Waals surface area contributed by atoms with Crippen LogP contribution in [0.2, 0.25) is 0 Å². The van der Waals surface area contributed by atoms with E-state index in [1.165, 1.54) is 0 Å². The third-order valence-electron chi connectivity index (χ3n) is 4.87. The number of hydrogen-bond acceptors (Lipinski definition) is 2. The van der Waals surface area contributed by atoms with E-state index in [0.29, 0.717) is 38.0 Å². The predicted octanol–water partition coefficient (Wildman–Crippen LogP) is 4.52. The van der Waals surface area contributed by atoms with E-state index in [9.17, 15) is 9.59 Å². The summed E-state index contributed by atoms with van der Waals surface area (Å²) in [5.74, 6) is 0.0652. The Morgan fingerprint density at radius 1 is 1.07 bits per heavy atom. The third kappa shape index (κ3) is 4.66. The summed E-state index contributed by atoms with van der Waals surface area (Å²) in [4.78, 5) is 29.3. The molecule has 0 spiro atoms. The summed E-state index contributed by atoms with van der Waals surface area (Å²) in [6, 6.07) is 17.1. The molecule has 0 aromatic heterocycles. The van der Waals surface area contributed by atoms with Crippen molar-refractivity contribution in [3.63, 3.8) is 0 Å². The molecule has 0 unspecified atom stereocenters. The molecule has 5 heteroatoms. The van der Waals surface area contributed by atoms with E-state index in [4.69, 9.17) is 0 Å². The number of carbonyl (C=O) groups is 2. The van der Waals surface area contributed by atoms with Gasteiger partial charge in [0.25, 0.3) is 5.91 Å². The van der Waals surface area contributed by atoms with Crippen LogP contribution in [0.25, 0.3) is 0 Å². The van der Waals surface area contributed by atoms with Gasteiger partial charge < -0.3 is 9.80 Å². The van der Waals surface area contributed by atoms with Crippen LogP contribution in [-0.4, -0.2) is 36.3 Å². The fraction of sp³-hybridized carbons (Fsp3) is 0.273. The molecule has 27 heavy (non-hydrogen) atoms. The minimum absolute atomic E-state index is 0.0272. The van der Waals surface area contributed by atoms with Crippen LogP contribution in [0, 0.1) is 5.92 Å². The Labute approximate surface area is 168 Å². The van der Waals surface area contributed by atoms with Crippen molar-refractivity contribution in [1.82, 2.24) is 4.90 Å². The average molecular weight is 427 g/mol. The van der Waals surface area contributed by atoms with Gasteiger partial charge in [0.2, 0.25) is 5.91 Å². The number of benzene rings is 2. The molecule has 3 rings (SSSR count). The second-order valence-corrected chi connectivity index (χ2v) is 7.56. The highest BCUT2D eigenvalue weighted by Crippen LogP contribution is 2.24. The summed E-state index contributed by atoms with van der Waals surface area (Å²) < 4.78 is 0.951. The lowest BCUT2D eigenvalue weighted by atomic mass is 9.94. The largest absolute Gasteiger partial charge is 0.339 e. The van der Waals surface area contributed by atoms with Crippen LogP contribution in [0.4, 0.5) is 5.69 Å². The molecule has 1 aliphatic heterocycles. The van der Waals surface area contributed by atoms with E-state index in [0.717, 1.165) is 10.2 Å². The zero-order chi connectivity index (χ0) is 19.2. The van der Waals surface area contributed by atoms with Crippen molar-refractivity contribution in [2.45, 2.75) is 12.8 Å². The molecule has 4 nitrogen and oxygen atoms in total. The van der Waals surface area contributed by atoms with Gasteiger partial charge in [-0.3, -0.25) is 9.59 Å². The first kappa shape index (κ1) is 19.4. The molecule has 0 aliphatic carbocycles. The molecule has 0 saturated carbocycles. The molecule has 0 N–H and O–H groups in total. The van der Waals surface area contributed by atoms with Gasteiger partial charge in [-0.05, 0) is 49.2 Å². The van der Waals surface area contributed by atoms with Crippen LogP contribution in [0.3, 0.4) is 0 Å². The van der Waals surface area contributed by atoms with E-state index < -0.39 is 0 Å². The molecule has 1 heterocycles. The first-order chi connectivity index (χ1) is 13.1. The first-order valence-corrected chi connectivity index (χ1v) is 9.91. The SMILES string of the molecule is C=CCN(C(=O)C1CCN(C(=O)c2ccc(Br)cc2)CC1)c1ccccc1. The maximum Gasteiger partial charge on any atom is 0.253 e. The van der Waals surface area contributed by atoms with Gasteiger partial charge in [-0.2, -0.15) is 0 Å². The Morgan fingerprint density at radius 3 is 2.30 bits per heavy atom. The third-order valence-corrected chi connectivity index (χ3v) is 5.40. The second-order valence-electron chi connectivity index (χ2n) is 6.65. The number of anilines is 1. The summed E-state index contributed by atoms with van der Waals surface area (Å²) in [6.07, 6.45) is 3.11. The fourth-order valence-electron chi connectivity index (χ4n) is 3.38. The minimum Gasteiger partial charge on any atom is -0.339 e. The van der Waals surface area contributed by atoms with Gasteiger partial charge in [0.05, 0.1) is 0 Å². The second kappa shape index (κ2) is 9.00. The van der Waals surface area contributed by atoms with Crippen LogP contribution in [0.15, 0.2) is 71.7 Å². The molecule has 1 saturated heterocycles. The first-order valence-electron chi connectivity index (χ1n) is 9.12. The Balaban J connectivity index is 1.63. The van der Waals surface area contributed by atoms with Gasteiger partial charge in [-0.1, -0.05) is 40.2 Å². The lowest BCUT2D eigenvalue weighted by molar-refractivity contribution is -0.123. The number of likely N-dealkylation sites (tertiary alicyclic amines) is 1. The van der Waals surface area contributed by atoms with Crippen LogP contribution in [0.5, 0.6) is 0 Å². The number of halogens is 1. The number of nitrogens with zero attached hydrogens (tertiary/aromatic N) is 2. The van der Waals surface area contributed by atoms with E-state index in [2.05, 4.69) is 22.5 Å². The summed E-state index contributed by atoms with van der Waals surface area (Å²) in [5.41, 5.74) is 1.57. The summed E-state index contributed by atoms with van der Waals surface area (Å²) >= 11 is 3.39. The van der Waals surface area contributed by atoms with Gasteiger partial charge in [0, 0.05) is 41.3 Å². The molecule has 2 amide bonds. The summed E-state index contributed by atoms with van der Waals surface area (Å²) in [6.45, 7) is 5.46. The molecular formula is C22H23BrN2O2. The normalized spacial score (nSPS) is 14.6. The van der Waals surface area contributed by atoms with Gasteiger partial charge in [-0.25, -0.2) is 0 Å². The topological polar surface area (TPSA) is 40.6 Å². The Bertz CT molecular complexity index is 797. The van der Waals surface area contributed by atoms with Crippen molar-refractivity contribution < 1.29 is 9.59 Å². The van der Waals surface area contributed by atoms with Gasteiger partial charge in [0.15, 0.2) is 0 Å². The van der Waals surface area contributed by atoms with E-state index in [-0.39, 0.29) is 17.7 Å². The van der Waals surface area contributed by atoms with Crippen LogP contribution < -0.4 is 4.90 Å². The minimum atomic E-state index is -0.0703. The zero-order valence-corrected chi connectivity index (χ0v) is 16.8. The Hall–Kier alpha value is -2.40. The van der Waals surface area contributed by atoms with Gasteiger partial charge in [-0.15, -0.1) is 6.58 Å². The van der Waals surface area contributed by atoms with Crippen LogP contribution >= 0.6 is 15.9 Å². The quantitative estimate of drug-likeness (QED) is 0.659. The highest BCUT2D eigenvalue weighted by Gasteiger charge is 2.30. The highest BCUT2D eigenvalue weighted by atomic mass is 79.9. The number of para-hydroxylation sites is 1. The van der Waals surface area contributed by atoms with Gasteiger partial charge in [0.1, 0.15) is 0 Å². The van der Waals surface area contributed by atoms with Crippen molar-refractivity contribution in [3.8, 4) is 0 Å². The maximum atomic E-state index is 13.0. The van der Waals surface area contributed by atoms with E-state index >= 15 is 0 Å². The monoisotopic (exact) mass is 426 g/mol. The lowest BCUT2D eigenvalue weighted by Gasteiger charge is -2.34. The van der Waals surface area contributed by atoms with Crippen molar-refractivity contribution in [2.75, 3.05) is 24.5 Å². The number of amides is 2. The van der Waals surface area contributed by atoms with Crippen molar-refractivity contribution in [1.29, 1.82) is 0 Å². The van der Waals surface area contributed by atoms with Crippen molar-refractivity contribution >= 4 is 33.4 Å². The van der Waals surface area contributed by atoms with E-state index in [1.807, 2.05) is 59.5 Å². The standard InChI is InChI=1S/C22H23BrN2O2/c1-2-14-25(20-6-4-3-5-7-20)22(27)18-12-15-24(16-13-18)21(26)17-8-10-19(23)11-9-17/h2-11,18H,1,12-16H2. The number of carbonyl (C=O) groups excluding carboxylic acids is 2. The van der Waals surface area contributed by atoms with Crippen LogP contribution in [0.1, 0.15) is 23.2 Å². The smallest absolute Gasteiger partial charge is 0.253 e. The summed E-state index contributed by atoms with van der Waals surface area (Å²) in [7, 11) is 0. The zero-order valence-electron chi connectivity index (χ0n) is 15.2. The predicted molar refractivity (Wildman–Crippen MR) is 112 cm³/mol. The lowest BCUT2D eigenvalue weighted by Crippen LogP contribution is -2.44. The molecule has 1 aliphatic rings. The highest BCUT2D eigenvalue weighted by molar-refractivity contribution is 9.10. The molecule has 140 valence electrons. The number of rotatable bonds is 5. The number of piperidine rings is 1. The summed E-state index contributed by atoms with van der Waals surface area (Å²) in [5, 5.41) is 0. The Kier molecular flexibility index (Phi) is 6.45. The van der Waals surface area contributed by atoms with Crippen LogP contribution in [-0.2, 0) is 4.79 Å². The molecular weight excluding hydrogens is 404 g/mol. The fourth-order valence-corrected chi connectivity index (χ4v) is 3.65. The van der Waals surface area contributed by atoms with Gasteiger partial charge >= 0.3 is 0 Å². The maximum absolute atomic E-state index is 13.0. The molecule has 0 bridgehead atoms. The molecule has 1 fully saturated rings. The van der Waals surface area contributed by atoms with E-state index in [1.54, 1.807) is 11.0 Å². The molecule has 0 atom stereocenters. The number of hydrogen-bond donors (Lipinski definition) is 0. The average Bonchev–Trinajstić information content (AvgIpc) is 2.72. The molecule has 2 aromatic rings.